The summed E-state index contributed by atoms with van der Waals surface area (Å²) in [5.74, 6) is 2.42. The molecule has 4 rings (SSSR count). The maximum absolute atomic E-state index is 13.4. The van der Waals surface area contributed by atoms with Crippen molar-refractivity contribution in [3.63, 3.8) is 0 Å². The van der Waals surface area contributed by atoms with Crippen LogP contribution < -0.4 is 15.0 Å². The quantitative estimate of drug-likeness (QED) is 0.281. The molecule has 1 aliphatic rings. The summed E-state index contributed by atoms with van der Waals surface area (Å²) in [5, 5.41) is 5.22. The first kappa shape index (κ1) is 22.8. The summed E-state index contributed by atoms with van der Waals surface area (Å²) in [6, 6.07) is 11.4. The Morgan fingerprint density at radius 1 is 1.12 bits per heavy atom. The van der Waals surface area contributed by atoms with Crippen molar-refractivity contribution in [1.82, 2.24) is 9.66 Å². The van der Waals surface area contributed by atoms with E-state index < -0.39 is 0 Å². The number of hydrogen-bond acceptors (Lipinski definition) is 5. The fourth-order valence-electron chi connectivity index (χ4n) is 4.21. The molecule has 0 bridgehead atoms. The summed E-state index contributed by atoms with van der Waals surface area (Å²) in [5.41, 5.74) is 1.45. The second-order valence-electron chi connectivity index (χ2n) is 7.88. The lowest BCUT2D eigenvalue weighted by Crippen LogP contribution is -2.25. The molecular weight excluding hydrogens is 517 g/mol. The zero-order valence-corrected chi connectivity index (χ0v) is 20.7. The molecule has 0 atom stereocenters. The smallest absolute Gasteiger partial charge is 0.282 e. The maximum atomic E-state index is 13.4. The number of benzene rings is 2. The van der Waals surface area contributed by atoms with Crippen molar-refractivity contribution in [2.75, 3.05) is 13.2 Å². The van der Waals surface area contributed by atoms with Crippen molar-refractivity contribution in [3.05, 3.63) is 61.7 Å². The molecular formula is C25H28IN3O3. The second kappa shape index (κ2) is 10.5. The van der Waals surface area contributed by atoms with Crippen molar-refractivity contribution >= 4 is 39.7 Å². The Kier molecular flexibility index (Phi) is 7.44. The van der Waals surface area contributed by atoms with Crippen LogP contribution in [0.2, 0.25) is 0 Å². The van der Waals surface area contributed by atoms with Crippen LogP contribution in [0.5, 0.6) is 11.5 Å². The highest BCUT2D eigenvalue weighted by Crippen LogP contribution is 2.34. The van der Waals surface area contributed by atoms with Crippen LogP contribution in [0.25, 0.3) is 10.9 Å². The van der Waals surface area contributed by atoms with Gasteiger partial charge in [-0.15, -0.1) is 0 Å². The minimum absolute atomic E-state index is 0.127. The monoisotopic (exact) mass is 545 g/mol. The van der Waals surface area contributed by atoms with E-state index in [0.717, 1.165) is 51.9 Å². The average Bonchev–Trinajstić information content (AvgIpc) is 2.81. The summed E-state index contributed by atoms with van der Waals surface area (Å²) in [7, 11) is 0. The number of ether oxygens (including phenoxy) is 2. The van der Waals surface area contributed by atoms with E-state index >= 15 is 0 Å². The Morgan fingerprint density at radius 2 is 1.88 bits per heavy atom. The molecule has 0 aliphatic heterocycles. The molecule has 2 aromatic carbocycles. The van der Waals surface area contributed by atoms with Gasteiger partial charge in [0.2, 0.25) is 0 Å². The van der Waals surface area contributed by atoms with Gasteiger partial charge in [-0.1, -0.05) is 31.4 Å². The summed E-state index contributed by atoms with van der Waals surface area (Å²) in [4.78, 5) is 18.2. The predicted molar refractivity (Wildman–Crippen MR) is 136 cm³/mol. The third-order valence-corrected chi connectivity index (χ3v) is 6.49. The predicted octanol–water partition coefficient (Wildman–Crippen LogP) is 5.73. The van der Waals surface area contributed by atoms with E-state index in [4.69, 9.17) is 14.5 Å². The highest BCUT2D eigenvalue weighted by molar-refractivity contribution is 14.1. The van der Waals surface area contributed by atoms with E-state index in [1.165, 1.54) is 11.1 Å². The molecule has 0 radical (unpaired) electrons. The largest absolute Gasteiger partial charge is 0.490 e. The van der Waals surface area contributed by atoms with Crippen LogP contribution >= 0.6 is 22.6 Å². The zero-order chi connectivity index (χ0) is 22.5. The molecule has 1 aliphatic carbocycles. The van der Waals surface area contributed by atoms with Crippen LogP contribution in [0.4, 0.5) is 0 Å². The van der Waals surface area contributed by atoms with Gasteiger partial charge in [0.1, 0.15) is 5.82 Å². The Balaban J connectivity index is 1.79. The summed E-state index contributed by atoms with van der Waals surface area (Å²) >= 11 is 2.24. The number of fused-ring (bicyclic) bond motifs is 1. The summed E-state index contributed by atoms with van der Waals surface area (Å²) < 4.78 is 14.0. The first-order valence-electron chi connectivity index (χ1n) is 11.3. The molecule has 32 heavy (non-hydrogen) atoms. The number of para-hydroxylation sites is 1. The molecule has 1 saturated carbocycles. The first-order valence-corrected chi connectivity index (χ1v) is 12.4. The van der Waals surface area contributed by atoms with Gasteiger partial charge in [-0.2, -0.15) is 9.78 Å². The van der Waals surface area contributed by atoms with Crippen LogP contribution in [0, 0.1) is 3.57 Å². The highest BCUT2D eigenvalue weighted by Gasteiger charge is 2.22. The van der Waals surface area contributed by atoms with Gasteiger partial charge in [-0.25, -0.2) is 4.98 Å². The Bertz CT molecular complexity index is 1180. The average molecular weight is 545 g/mol. The van der Waals surface area contributed by atoms with Crippen LogP contribution in [0.3, 0.4) is 0 Å². The SMILES string of the molecule is CCOc1cc(C=Nn2c(C3CCCCC3)nc3ccccc3c2=O)cc(I)c1OCC. The minimum Gasteiger partial charge on any atom is -0.490 e. The van der Waals surface area contributed by atoms with Gasteiger partial charge in [0.15, 0.2) is 11.5 Å². The van der Waals surface area contributed by atoms with Crippen LogP contribution in [-0.4, -0.2) is 29.1 Å². The third-order valence-electron chi connectivity index (χ3n) is 5.69. The highest BCUT2D eigenvalue weighted by atomic mass is 127. The molecule has 0 N–H and O–H groups in total. The van der Waals surface area contributed by atoms with Gasteiger partial charge in [0.25, 0.3) is 5.56 Å². The third kappa shape index (κ3) is 4.82. The van der Waals surface area contributed by atoms with E-state index in [0.29, 0.717) is 24.3 Å². The van der Waals surface area contributed by atoms with Gasteiger partial charge in [-0.3, -0.25) is 4.79 Å². The van der Waals surface area contributed by atoms with Gasteiger partial charge in [0.05, 0.1) is 33.9 Å². The molecule has 1 aromatic heterocycles. The normalized spacial score (nSPS) is 14.8. The molecule has 7 heteroatoms. The van der Waals surface area contributed by atoms with E-state index in [1.54, 1.807) is 6.21 Å². The Labute approximate surface area is 201 Å². The molecule has 1 fully saturated rings. The maximum Gasteiger partial charge on any atom is 0.282 e. The Morgan fingerprint density at radius 3 is 2.62 bits per heavy atom. The molecule has 3 aromatic rings. The number of halogens is 1. The van der Waals surface area contributed by atoms with Crippen molar-refractivity contribution in [1.29, 1.82) is 0 Å². The first-order chi connectivity index (χ1) is 15.6. The van der Waals surface area contributed by atoms with Gasteiger partial charge in [0, 0.05) is 5.92 Å². The molecule has 0 unspecified atom stereocenters. The second-order valence-corrected chi connectivity index (χ2v) is 9.04. The number of aromatic nitrogens is 2. The number of rotatable bonds is 7. The van der Waals surface area contributed by atoms with Gasteiger partial charge < -0.3 is 9.47 Å². The molecule has 6 nitrogen and oxygen atoms in total. The summed E-state index contributed by atoms with van der Waals surface area (Å²) in [6.07, 6.45) is 7.34. The minimum atomic E-state index is -0.127. The molecule has 0 amide bonds. The number of nitrogens with zero attached hydrogens (tertiary/aromatic N) is 3. The van der Waals surface area contributed by atoms with E-state index in [-0.39, 0.29) is 11.5 Å². The lowest BCUT2D eigenvalue weighted by Gasteiger charge is -2.22. The zero-order valence-electron chi connectivity index (χ0n) is 18.5. The lowest BCUT2D eigenvalue weighted by molar-refractivity contribution is 0.286. The topological polar surface area (TPSA) is 65.7 Å². The lowest BCUT2D eigenvalue weighted by atomic mass is 9.88. The van der Waals surface area contributed by atoms with Gasteiger partial charge in [-0.05, 0) is 79.1 Å². The fraction of sp³-hybridized carbons (Fsp3) is 0.400. The van der Waals surface area contributed by atoms with Crippen LogP contribution in [0.1, 0.15) is 63.3 Å². The van der Waals surface area contributed by atoms with E-state index in [9.17, 15) is 4.79 Å². The molecule has 0 spiro atoms. The van der Waals surface area contributed by atoms with Crippen LogP contribution in [-0.2, 0) is 0 Å². The van der Waals surface area contributed by atoms with Crippen molar-refractivity contribution in [3.8, 4) is 11.5 Å². The standard InChI is InChI=1S/C25H28IN3O3/c1-3-31-22-15-17(14-20(26)23(22)32-4-2)16-27-29-24(18-10-6-5-7-11-18)28-21-13-9-8-12-19(21)25(29)30/h8-9,12-16,18H,3-7,10-11H2,1-2H3. The molecule has 0 saturated heterocycles. The fourth-order valence-corrected chi connectivity index (χ4v) is 4.99. The van der Waals surface area contributed by atoms with E-state index in [2.05, 4.69) is 27.7 Å². The Hall–Kier alpha value is -2.42. The molecule has 168 valence electrons. The van der Waals surface area contributed by atoms with Crippen molar-refractivity contribution < 1.29 is 9.47 Å². The van der Waals surface area contributed by atoms with Crippen molar-refractivity contribution in [2.24, 2.45) is 5.10 Å². The van der Waals surface area contributed by atoms with Gasteiger partial charge >= 0.3 is 0 Å². The van der Waals surface area contributed by atoms with E-state index in [1.807, 2.05) is 50.2 Å². The van der Waals surface area contributed by atoms with Crippen molar-refractivity contribution in [2.45, 2.75) is 51.9 Å². The number of hydrogen-bond donors (Lipinski definition) is 0. The molecule has 1 heterocycles. The van der Waals surface area contributed by atoms with Crippen LogP contribution in [0.15, 0.2) is 46.3 Å². The summed E-state index contributed by atoms with van der Waals surface area (Å²) in [6.45, 7) is 5.00.